The summed E-state index contributed by atoms with van der Waals surface area (Å²) in [6.45, 7) is 3.12. The smallest absolute Gasteiger partial charge is 0.339 e. The number of nitrogens with zero attached hydrogens (tertiary/aromatic N) is 2. The standard InChI is InChI=1S/C24H24N2O3/c1-17(23(27)26-14-8-3-9-15-26)29-24(28)20-16-22(18-10-4-2-5-11-18)25-21-13-7-6-12-19(20)21/h2,4-7,10-13,16-17H,3,8-9,14-15H2,1H3/t17-/m1/s1. The van der Waals surface area contributed by atoms with Crippen molar-refractivity contribution in [3.63, 3.8) is 0 Å². The van der Waals surface area contributed by atoms with Crippen molar-refractivity contribution in [2.45, 2.75) is 32.3 Å². The van der Waals surface area contributed by atoms with Gasteiger partial charge in [0.15, 0.2) is 6.10 Å². The normalized spacial score (nSPS) is 15.1. The van der Waals surface area contributed by atoms with Gasteiger partial charge in [0.05, 0.1) is 16.8 Å². The number of esters is 1. The summed E-state index contributed by atoms with van der Waals surface area (Å²) < 4.78 is 5.59. The fourth-order valence-electron chi connectivity index (χ4n) is 3.75. The zero-order valence-electron chi connectivity index (χ0n) is 16.5. The maximum Gasteiger partial charge on any atom is 0.339 e. The number of benzene rings is 2. The van der Waals surface area contributed by atoms with Crippen molar-refractivity contribution in [3.8, 4) is 11.3 Å². The van der Waals surface area contributed by atoms with Crippen LogP contribution in [0.4, 0.5) is 0 Å². The molecule has 5 heteroatoms. The first-order valence-corrected chi connectivity index (χ1v) is 10.1. The molecule has 148 valence electrons. The third-order valence-corrected chi connectivity index (χ3v) is 5.30. The summed E-state index contributed by atoms with van der Waals surface area (Å²) in [7, 11) is 0. The van der Waals surface area contributed by atoms with Crippen molar-refractivity contribution in [1.82, 2.24) is 9.88 Å². The molecule has 0 saturated carbocycles. The van der Waals surface area contributed by atoms with Gasteiger partial charge in [0.25, 0.3) is 5.91 Å². The number of hydrogen-bond acceptors (Lipinski definition) is 4. The first kappa shape index (κ1) is 19.1. The second kappa shape index (κ2) is 8.43. The highest BCUT2D eigenvalue weighted by Crippen LogP contribution is 2.26. The Balaban J connectivity index is 1.63. The highest BCUT2D eigenvalue weighted by Gasteiger charge is 2.26. The Morgan fingerprint density at radius 1 is 0.966 bits per heavy atom. The van der Waals surface area contributed by atoms with Gasteiger partial charge >= 0.3 is 5.97 Å². The Kier molecular flexibility index (Phi) is 5.56. The molecule has 1 amide bonds. The predicted octanol–water partition coefficient (Wildman–Crippen LogP) is 4.46. The number of carbonyl (C=O) groups is 2. The van der Waals surface area contributed by atoms with Crippen molar-refractivity contribution >= 4 is 22.8 Å². The lowest BCUT2D eigenvalue weighted by Gasteiger charge is -2.29. The topological polar surface area (TPSA) is 59.5 Å². The van der Waals surface area contributed by atoms with Crippen molar-refractivity contribution in [3.05, 3.63) is 66.2 Å². The molecule has 2 aromatic carbocycles. The number of fused-ring (bicyclic) bond motifs is 1. The van der Waals surface area contributed by atoms with Crippen molar-refractivity contribution in [2.24, 2.45) is 0 Å². The molecule has 29 heavy (non-hydrogen) atoms. The van der Waals surface area contributed by atoms with Crippen molar-refractivity contribution in [1.29, 1.82) is 0 Å². The highest BCUT2D eigenvalue weighted by molar-refractivity contribution is 6.05. The Hall–Kier alpha value is -3.21. The van der Waals surface area contributed by atoms with E-state index in [0.29, 0.717) is 11.3 Å². The van der Waals surface area contributed by atoms with Gasteiger partial charge in [0.1, 0.15) is 0 Å². The van der Waals surface area contributed by atoms with Gasteiger partial charge in [-0.2, -0.15) is 0 Å². The van der Waals surface area contributed by atoms with Crippen LogP contribution in [-0.2, 0) is 9.53 Å². The van der Waals surface area contributed by atoms with Gasteiger partial charge < -0.3 is 9.64 Å². The van der Waals surface area contributed by atoms with Crippen LogP contribution in [0.2, 0.25) is 0 Å². The monoisotopic (exact) mass is 388 g/mol. The number of para-hydroxylation sites is 1. The molecule has 1 aliphatic rings. The molecule has 0 N–H and O–H groups in total. The molecular weight excluding hydrogens is 364 g/mol. The summed E-state index contributed by atoms with van der Waals surface area (Å²) in [5.41, 5.74) is 2.76. The van der Waals surface area contributed by atoms with Gasteiger partial charge in [0, 0.05) is 24.0 Å². The molecule has 1 aliphatic heterocycles. The van der Waals surface area contributed by atoms with Crippen LogP contribution >= 0.6 is 0 Å². The molecule has 0 bridgehead atoms. The summed E-state index contributed by atoms with van der Waals surface area (Å²) >= 11 is 0. The van der Waals surface area contributed by atoms with E-state index in [2.05, 4.69) is 0 Å². The van der Waals surface area contributed by atoms with Crippen LogP contribution < -0.4 is 0 Å². The number of likely N-dealkylation sites (tertiary alicyclic amines) is 1. The van der Waals surface area contributed by atoms with E-state index in [1.807, 2.05) is 54.6 Å². The lowest BCUT2D eigenvalue weighted by atomic mass is 10.0. The van der Waals surface area contributed by atoms with Crippen LogP contribution in [-0.4, -0.2) is 41.0 Å². The highest BCUT2D eigenvalue weighted by atomic mass is 16.5. The maximum absolute atomic E-state index is 13.0. The van der Waals surface area contributed by atoms with Crippen LogP contribution in [0.1, 0.15) is 36.5 Å². The van der Waals surface area contributed by atoms with Gasteiger partial charge in [0.2, 0.25) is 0 Å². The third kappa shape index (κ3) is 4.14. The molecule has 1 atom stereocenters. The average Bonchev–Trinajstić information content (AvgIpc) is 2.78. The summed E-state index contributed by atoms with van der Waals surface area (Å²) in [5.74, 6) is -0.627. The third-order valence-electron chi connectivity index (χ3n) is 5.30. The summed E-state index contributed by atoms with van der Waals surface area (Å²) in [6, 6.07) is 18.9. The van der Waals surface area contributed by atoms with Crippen LogP contribution in [0.15, 0.2) is 60.7 Å². The number of pyridine rings is 1. The van der Waals surface area contributed by atoms with E-state index in [-0.39, 0.29) is 5.91 Å². The fraction of sp³-hybridized carbons (Fsp3) is 0.292. The van der Waals surface area contributed by atoms with E-state index in [4.69, 9.17) is 9.72 Å². The lowest BCUT2D eigenvalue weighted by molar-refractivity contribution is -0.140. The molecule has 0 unspecified atom stereocenters. The quantitative estimate of drug-likeness (QED) is 0.619. The van der Waals surface area contributed by atoms with E-state index >= 15 is 0 Å². The number of aromatic nitrogens is 1. The maximum atomic E-state index is 13.0. The Morgan fingerprint density at radius 3 is 2.41 bits per heavy atom. The van der Waals surface area contributed by atoms with Gasteiger partial charge in [-0.25, -0.2) is 9.78 Å². The fourth-order valence-corrected chi connectivity index (χ4v) is 3.75. The molecule has 1 saturated heterocycles. The predicted molar refractivity (Wildman–Crippen MR) is 112 cm³/mol. The summed E-state index contributed by atoms with van der Waals surface area (Å²) in [5, 5.41) is 0.717. The SMILES string of the molecule is C[C@@H](OC(=O)c1cc(-c2ccccc2)nc2ccccc12)C(=O)N1CCCCC1. The minimum atomic E-state index is -0.812. The van der Waals surface area contributed by atoms with E-state index in [9.17, 15) is 9.59 Å². The number of carbonyl (C=O) groups excluding carboxylic acids is 2. The molecule has 1 fully saturated rings. The number of hydrogen-bond donors (Lipinski definition) is 0. The molecule has 2 heterocycles. The molecule has 1 aromatic heterocycles. The zero-order chi connectivity index (χ0) is 20.2. The molecule has 0 spiro atoms. The number of ether oxygens (including phenoxy) is 1. The molecule has 3 aromatic rings. The minimum absolute atomic E-state index is 0.125. The van der Waals surface area contributed by atoms with E-state index in [0.717, 1.165) is 48.8 Å². The molecular formula is C24H24N2O3. The van der Waals surface area contributed by atoms with Gasteiger partial charge in [-0.15, -0.1) is 0 Å². The summed E-state index contributed by atoms with van der Waals surface area (Å²) in [6.07, 6.45) is 2.33. The lowest BCUT2D eigenvalue weighted by Crippen LogP contribution is -2.42. The zero-order valence-corrected chi connectivity index (χ0v) is 16.5. The van der Waals surface area contributed by atoms with E-state index in [1.54, 1.807) is 17.9 Å². The second-order valence-electron chi connectivity index (χ2n) is 7.37. The molecule has 0 aliphatic carbocycles. The van der Waals surface area contributed by atoms with E-state index in [1.165, 1.54) is 0 Å². The average molecular weight is 388 g/mol. The largest absolute Gasteiger partial charge is 0.449 e. The van der Waals surface area contributed by atoms with Crippen LogP contribution in [0.3, 0.4) is 0 Å². The van der Waals surface area contributed by atoms with Crippen molar-refractivity contribution in [2.75, 3.05) is 13.1 Å². The second-order valence-corrected chi connectivity index (χ2v) is 7.37. The van der Waals surface area contributed by atoms with Gasteiger partial charge in [-0.1, -0.05) is 48.5 Å². The Morgan fingerprint density at radius 2 is 1.66 bits per heavy atom. The summed E-state index contributed by atoms with van der Waals surface area (Å²) in [4.78, 5) is 32.2. The molecule has 0 radical (unpaired) electrons. The van der Waals surface area contributed by atoms with Crippen molar-refractivity contribution < 1.29 is 14.3 Å². The van der Waals surface area contributed by atoms with Crippen LogP contribution in [0.5, 0.6) is 0 Å². The van der Waals surface area contributed by atoms with Crippen LogP contribution in [0, 0.1) is 0 Å². The van der Waals surface area contributed by atoms with Crippen LogP contribution in [0.25, 0.3) is 22.2 Å². The number of rotatable bonds is 4. The van der Waals surface area contributed by atoms with E-state index < -0.39 is 12.1 Å². The van der Waals surface area contributed by atoms with Gasteiger partial charge in [-0.05, 0) is 38.3 Å². The Bertz CT molecular complexity index is 1030. The number of piperidine rings is 1. The molecule has 5 nitrogen and oxygen atoms in total. The minimum Gasteiger partial charge on any atom is -0.449 e. The van der Waals surface area contributed by atoms with Gasteiger partial charge in [-0.3, -0.25) is 4.79 Å². The molecule has 4 rings (SSSR count). The first-order chi connectivity index (χ1) is 14.1. The Labute approximate surface area is 170 Å². The first-order valence-electron chi connectivity index (χ1n) is 10.1. The number of amides is 1.